The molecule has 0 aliphatic heterocycles. The van der Waals surface area contributed by atoms with Gasteiger partial charge in [0, 0.05) is 19.1 Å². The molecule has 0 spiro atoms. The van der Waals surface area contributed by atoms with Crippen LogP contribution in [-0.2, 0) is 4.79 Å². The lowest BCUT2D eigenvalue weighted by molar-refractivity contribution is -0.149. The van der Waals surface area contributed by atoms with Gasteiger partial charge >= 0.3 is 5.92 Å². The first-order chi connectivity index (χ1) is 15.8. The van der Waals surface area contributed by atoms with Crippen molar-refractivity contribution in [3.05, 3.63) is 5.76 Å². The Balaban J connectivity index is 1.44. The van der Waals surface area contributed by atoms with Crippen LogP contribution < -0.4 is 21.1 Å². The van der Waals surface area contributed by atoms with Crippen LogP contribution in [0.4, 0.5) is 8.78 Å². The average Bonchev–Trinajstić information content (AvgIpc) is 3.19. The van der Waals surface area contributed by atoms with E-state index < -0.39 is 18.4 Å². The molecule has 184 valence electrons. The van der Waals surface area contributed by atoms with Crippen LogP contribution >= 0.6 is 11.8 Å². The molecule has 1 heterocycles. The second kappa shape index (κ2) is 10.2. The van der Waals surface area contributed by atoms with Gasteiger partial charge in [-0.2, -0.15) is 8.78 Å². The number of thioether (sulfide) groups is 1. The third-order valence-corrected chi connectivity index (χ3v) is 8.21. The van der Waals surface area contributed by atoms with Crippen molar-refractivity contribution in [3.8, 4) is 5.88 Å². The Morgan fingerprint density at radius 1 is 1.21 bits per heavy atom. The molecule has 4 N–H and O–H groups in total. The first-order valence-corrected chi connectivity index (χ1v) is 12.7. The van der Waals surface area contributed by atoms with Crippen LogP contribution in [0.2, 0.25) is 0 Å². The van der Waals surface area contributed by atoms with Crippen LogP contribution in [0.25, 0.3) is 0 Å². The summed E-state index contributed by atoms with van der Waals surface area (Å²) in [5, 5.41) is 8.94. The Hall–Kier alpha value is -1.88. The maximum absolute atomic E-state index is 14.1. The maximum Gasteiger partial charge on any atom is 0.357 e. The van der Waals surface area contributed by atoms with Crippen molar-refractivity contribution in [2.24, 2.45) is 29.4 Å². The van der Waals surface area contributed by atoms with E-state index in [0.29, 0.717) is 17.6 Å². The van der Waals surface area contributed by atoms with Gasteiger partial charge in [0.2, 0.25) is 5.76 Å². The highest BCUT2D eigenvalue weighted by Gasteiger charge is 2.49. The highest BCUT2D eigenvalue weighted by Crippen LogP contribution is 2.53. The summed E-state index contributed by atoms with van der Waals surface area (Å²) in [6.07, 6.45) is 6.73. The smallest absolute Gasteiger partial charge is 0.357 e. The number of nitrogens with one attached hydrogen (secondary N) is 2. The van der Waals surface area contributed by atoms with E-state index in [9.17, 15) is 18.4 Å². The van der Waals surface area contributed by atoms with E-state index in [2.05, 4.69) is 10.5 Å². The fraction of sp³-hybridized carbons (Fsp3) is 0.773. The predicted octanol–water partition coefficient (Wildman–Crippen LogP) is 2.82. The van der Waals surface area contributed by atoms with Crippen LogP contribution in [0.5, 0.6) is 5.88 Å². The van der Waals surface area contributed by atoms with E-state index in [1.807, 2.05) is 12.2 Å². The van der Waals surface area contributed by atoms with Gasteiger partial charge in [-0.1, -0.05) is 6.92 Å². The van der Waals surface area contributed by atoms with Crippen LogP contribution in [0, 0.1) is 23.7 Å². The Morgan fingerprint density at radius 3 is 2.48 bits per heavy atom. The predicted molar refractivity (Wildman–Crippen MR) is 118 cm³/mol. The van der Waals surface area contributed by atoms with Crippen LogP contribution in [0.1, 0.15) is 56.0 Å². The first kappa shape index (κ1) is 24.3. The van der Waals surface area contributed by atoms with Gasteiger partial charge in [0.25, 0.3) is 17.7 Å². The molecule has 11 heteroatoms. The van der Waals surface area contributed by atoms with Crippen LogP contribution in [0.15, 0.2) is 9.42 Å². The summed E-state index contributed by atoms with van der Waals surface area (Å²) in [5.74, 6) is -2.69. The topological polar surface area (TPSA) is 119 Å². The summed E-state index contributed by atoms with van der Waals surface area (Å²) in [7, 11) is 0. The molecule has 1 aromatic heterocycles. The summed E-state index contributed by atoms with van der Waals surface area (Å²) >= 11 is 1.27. The number of alkyl halides is 2. The highest BCUT2D eigenvalue weighted by atomic mass is 32.2. The summed E-state index contributed by atoms with van der Waals surface area (Å²) in [6, 6.07) is 0.111. The summed E-state index contributed by atoms with van der Waals surface area (Å²) < 4.78 is 38.7. The molecule has 4 bridgehead atoms. The van der Waals surface area contributed by atoms with Gasteiger partial charge < -0.3 is 25.6 Å². The largest absolute Gasteiger partial charge is 0.468 e. The number of ether oxygens (including phenoxy) is 1. The van der Waals surface area contributed by atoms with E-state index in [0.717, 1.165) is 43.9 Å². The standard InChI is InChI=1S/C22H32F2N4O4S/c1-2-5-33-18-17(32-28-20(18)31-11-22(23,24)21(30)26-4-3-25)19(29)27-16-14-7-12-6-13(9-14)10-15(16)8-12/h12-16H,2-11,25H2,1H3,(H,26,30)(H,27,29). The van der Waals surface area contributed by atoms with Gasteiger partial charge in [-0.25, -0.2) is 0 Å². The monoisotopic (exact) mass is 486 g/mol. The minimum atomic E-state index is -3.77. The van der Waals surface area contributed by atoms with Gasteiger partial charge in [-0.05, 0) is 73.1 Å². The number of carbonyl (C=O) groups excluding carboxylic acids is 2. The number of halogens is 2. The molecule has 4 fully saturated rings. The number of hydrogen-bond acceptors (Lipinski definition) is 7. The molecule has 2 amide bonds. The molecular formula is C22H32F2N4O4S. The Morgan fingerprint density at radius 2 is 1.88 bits per heavy atom. The van der Waals surface area contributed by atoms with E-state index in [4.69, 9.17) is 15.0 Å². The van der Waals surface area contributed by atoms with Gasteiger partial charge in [0.1, 0.15) is 4.90 Å². The maximum atomic E-state index is 14.1. The van der Waals surface area contributed by atoms with Crippen molar-refractivity contribution in [1.29, 1.82) is 0 Å². The fourth-order valence-corrected chi connectivity index (χ4v) is 6.64. The van der Waals surface area contributed by atoms with Gasteiger partial charge in [0.15, 0.2) is 6.61 Å². The van der Waals surface area contributed by atoms with E-state index in [1.54, 1.807) is 0 Å². The number of carbonyl (C=O) groups is 2. The molecule has 4 aliphatic carbocycles. The summed E-state index contributed by atoms with van der Waals surface area (Å²) in [5.41, 5.74) is 5.23. The first-order valence-electron chi connectivity index (χ1n) is 11.7. The summed E-state index contributed by atoms with van der Waals surface area (Å²) in [6.45, 7) is 0.731. The lowest BCUT2D eigenvalue weighted by Gasteiger charge is -2.54. The lowest BCUT2D eigenvalue weighted by Crippen LogP contribution is -2.55. The molecule has 5 rings (SSSR count). The third kappa shape index (κ3) is 5.29. The zero-order valence-corrected chi connectivity index (χ0v) is 19.6. The Labute approximate surface area is 196 Å². The summed E-state index contributed by atoms with van der Waals surface area (Å²) in [4.78, 5) is 25.1. The fourth-order valence-electron chi connectivity index (χ4n) is 5.75. The number of amides is 2. The molecular weight excluding hydrogens is 454 g/mol. The van der Waals surface area contributed by atoms with Crippen LogP contribution in [-0.4, -0.2) is 54.4 Å². The second-order valence-electron chi connectivity index (χ2n) is 9.46. The quantitative estimate of drug-likeness (QED) is 0.412. The number of hydrogen-bond donors (Lipinski definition) is 3. The van der Waals surface area contributed by atoms with Crippen molar-refractivity contribution in [3.63, 3.8) is 0 Å². The number of nitrogens with two attached hydrogens (primary N) is 1. The lowest BCUT2D eigenvalue weighted by atomic mass is 9.54. The minimum absolute atomic E-state index is 0.0202. The van der Waals surface area contributed by atoms with Crippen molar-refractivity contribution in [2.45, 2.75) is 62.3 Å². The second-order valence-corrected chi connectivity index (χ2v) is 10.6. The Bertz CT molecular complexity index is 837. The number of nitrogens with zero attached hydrogens (tertiary/aromatic N) is 1. The highest BCUT2D eigenvalue weighted by molar-refractivity contribution is 7.99. The van der Waals surface area contributed by atoms with Crippen LogP contribution in [0.3, 0.4) is 0 Å². The van der Waals surface area contributed by atoms with Crippen molar-refractivity contribution in [1.82, 2.24) is 15.8 Å². The molecule has 0 aromatic carbocycles. The molecule has 4 saturated carbocycles. The SMILES string of the molecule is CCCSc1c(OCC(F)(F)C(=O)NCCN)noc1C(=O)NC1C2CC3CC(C2)CC1C3. The Kier molecular flexibility index (Phi) is 7.47. The molecule has 8 nitrogen and oxygen atoms in total. The molecule has 0 saturated heterocycles. The normalized spacial score (nSPS) is 28.1. The van der Waals surface area contributed by atoms with Gasteiger partial charge in [-0.15, -0.1) is 11.8 Å². The molecule has 1 aromatic rings. The third-order valence-electron chi connectivity index (χ3n) is 6.95. The zero-order chi connectivity index (χ0) is 23.6. The van der Waals surface area contributed by atoms with Gasteiger partial charge in [0.05, 0.1) is 0 Å². The van der Waals surface area contributed by atoms with E-state index in [-0.39, 0.29) is 41.6 Å². The number of aromatic nitrogens is 1. The van der Waals surface area contributed by atoms with Crippen molar-refractivity contribution < 1.29 is 27.6 Å². The average molecular weight is 487 g/mol. The molecule has 0 atom stereocenters. The molecule has 0 unspecified atom stereocenters. The van der Waals surface area contributed by atoms with Gasteiger partial charge in [-0.3, -0.25) is 9.59 Å². The molecule has 4 aliphatic rings. The minimum Gasteiger partial charge on any atom is -0.468 e. The number of rotatable bonds is 11. The zero-order valence-electron chi connectivity index (χ0n) is 18.8. The molecule has 33 heavy (non-hydrogen) atoms. The van der Waals surface area contributed by atoms with E-state index >= 15 is 0 Å². The molecule has 0 radical (unpaired) electrons. The van der Waals surface area contributed by atoms with Crippen molar-refractivity contribution in [2.75, 3.05) is 25.4 Å². The van der Waals surface area contributed by atoms with Crippen molar-refractivity contribution >= 4 is 23.6 Å². The van der Waals surface area contributed by atoms with E-state index in [1.165, 1.54) is 18.2 Å².